The lowest BCUT2D eigenvalue weighted by Crippen LogP contribution is -1.97. The van der Waals surface area contributed by atoms with Crippen molar-refractivity contribution in [3.63, 3.8) is 0 Å². The van der Waals surface area contributed by atoms with Gasteiger partial charge in [-0.2, -0.15) is 5.26 Å². The molecule has 0 saturated carbocycles. The Morgan fingerprint density at radius 3 is 3.00 bits per heavy atom. The zero-order chi connectivity index (χ0) is 13.4. The highest BCUT2D eigenvalue weighted by atomic mass is 79.9. The molecule has 0 aliphatic carbocycles. The Balaban J connectivity index is 2.69. The van der Waals surface area contributed by atoms with E-state index in [-0.39, 0.29) is 0 Å². The third kappa shape index (κ3) is 5.02. The second-order valence-electron chi connectivity index (χ2n) is 3.47. The van der Waals surface area contributed by atoms with Gasteiger partial charge in [-0.1, -0.05) is 15.9 Å². The number of nitrogens with zero attached hydrogens (tertiary/aromatic N) is 1. The second kappa shape index (κ2) is 7.51. The van der Waals surface area contributed by atoms with Crippen molar-refractivity contribution in [2.75, 3.05) is 6.61 Å². The number of hydrogen-bond acceptors (Lipinski definition) is 3. The van der Waals surface area contributed by atoms with Crippen LogP contribution in [0.4, 0.5) is 0 Å². The van der Waals surface area contributed by atoms with Crippen LogP contribution in [0.2, 0.25) is 0 Å². The number of ether oxygens (including phenoxy) is 1. The maximum atomic E-state index is 10.4. The lowest BCUT2D eigenvalue weighted by molar-refractivity contribution is -0.131. The molecule has 1 aromatic carbocycles. The van der Waals surface area contributed by atoms with E-state index in [2.05, 4.69) is 15.9 Å². The molecule has 94 valence electrons. The average Bonchev–Trinajstić information content (AvgIpc) is 2.34. The minimum atomic E-state index is -0.998. The Morgan fingerprint density at radius 1 is 1.56 bits per heavy atom. The molecule has 0 atom stereocenters. The van der Waals surface area contributed by atoms with E-state index in [0.29, 0.717) is 25.2 Å². The van der Waals surface area contributed by atoms with Gasteiger partial charge >= 0.3 is 5.97 Å². The molecule has 0 saturated heterocycles. The van der Waals surface area contributed by atoms with Gasteiger partial charge in [-0.05, 0) is 36.3 Å². The van der Waals surface area contributed by atoms with Gasteiger partial charge in [0.05, 0.1) is 12.7 Å². The van der Waals surface area contributed by atoms with Gasteiger partial charge in [-0.3, -0.25) is 0 Å². The first-order valence-corrected chi connectivity index (χ1v) is 6.13. The van der Waals surface area contributed by atoms with Crippen LogP contribution in [0, 0.1) is 11.3 Å². The molecule has 0 fully saturated rings. The predicted molar refractivity (Wildman–Crippen MR) is 71.2 cm³/mol. The largest absolute Gasteiger partial charge is 0.494 e. The maximum Gasteiger partial charge on any atom is 0.328 e. The monoisotopic (exact) mass is 309 g/mol. The summed E-state index contributed by atoms with van der Waals surface area (Å²) < 4.78 is 6.25. The fourth-order valence-corrected chi connectivity index (χ4v) is 1.62. The summed E-state index contributed by atoms with van der Waals surface area (Å²) in [6.07, 6.45) is 3.70. The van der Waals surface area contributed by atoms with Gasteiger partial charge in [0.2, 0.25) is 0 Å². The Bertz CT molecular complexity index is 491. The molecule has 1 N–H and O–H groups in total. The summed E-state index contributed by atoms with van der Waals surface area (Å²) in [7, 11) is 0. The van der Waals surface area contributed by atoms with E-state index in [0.717, 1.165) is 16.1 Å². The number of carboxylic acids is 1. The third-order valence-corrected chi connectivity index (χ3v) is 2.80. The van der Waals surface area contributed by atoms with Crippen molar-refractivity contribution in [2.45, 2.75) is 12.8 Å². The molecule has 0 unspecified atom stereocenters. The summed E-state index contributed by atoms with van der Waals surface area (Å²) in [5.41, 5.74) is 0.732. The van der Waals surface area contributed by atoms with Crippen LogP contribution in [0.1, 0.15) is 18.4 Å². The molecule has 0 radical (unpaired) electrons. The summed E-state index contributed by atoms with van der Waals surface area (Å²) in [5, 5.41) is 17.0. The van der Waals surface area contributed by atoms with Crippen molar-refractivity contribution in [2.24, 2.45) is 0 Å². The fourth-order valence-electron chi connectivity index (χ4n) is 1.24. The number of carboxylic acid groups (broad SMARTS) is 1. The minimum absolute atomic E-state index is 0.461. The van der Waals surface area contributed by atoms with Crippen LogP contribution in [0.15, 0.2) is 28.7 Å². The quantitative estimate of drug-likeness (QED) is 0.647. The molecule has 0 aromatic heterocycles. The standard InChI is InChI=1S/C13H12BrNO3/c14-12-5-4-11(18-8-2-1-7-15)9-10(12)3-6-13(16)17/h3-6,9H,1-2,8H2,(H,16,17)/b6-3+. The highest BCUT2D eigenvalue weighted by molar-refractivity contribution is 9.10. The van der Waals surface area contributed by atoms with Gasteiger partial charge in [-0.15, -0.1) is 0 Å². The van der Waals surface area contributed by atoms with Crippen molar-refractivity contribution in [1.29, 1.82) is 5.26 Å². The van der Waals surface area contributed by atoms with Crippen molar-refractivity contribution >= 4 is 28.0 Å². The maximum absolute atomic E-state index is 10.4. The minimum Gasteiger partial charge on any atom is -0.494 e. The first-order valence-electron chi connectivity index (χ1n) is 5.34. The molecule has 1 aromatic rings. The smallest absolute Gasteiger partial charge is 0.328 e. The Kier molecular flexibility index (Phi) is 5.95. The third-order valence-electron chi connectivity index (χ3n) is 2.07. The first-order chi connectivity index (χ1) is 8.63. The lowest BCUT2D eigenvalue weighted by atomic mass is 10.2. The SMILES string of the molecule is N#CCCCOc1ccc(Br)c(/C=C/C(=O)O)c1. The molecule has 5 heteroatoms. The van der Waals surface area contributed by atoms with E-state index in [1.54, 1.807) is 18.2 Å². The Hall–Kier alpha value is -1.80. The Labute approximate surface area is 114 Å². The van der Waals surface area contributed by atoms with Gasteiger partial charge < -0.3 is 9.84 Å². The second-order valence-corrected chi connectivity index (χ2v) is 4.32. The predicted octanol–water partition coefficient (Wildman–Crippen LogP) is 3.23. The van der Waals surface area contributed by atoms with Crippen molar-refractivity contribution in [1.82, 2.24) is 0 Å². The zero-order valence-electron chi connectivity index (χ0n) is 9.60. The number of hydrogen-bond donors (Lipinski definition) is 1. The molecule has 0 aliphatic heterocycles. The molecule has 18 heavy (non-hydrogen) atoms. The number of unbranched alkanes of at least 4 members (excludes halogenated alkanes) is 1. The number of nitriles is 1. The molecule has 0 aliphatic rings. The number of halogens is 1. The summed E-state index contributed by atoms with van der Waals surface area (Å²) in [6.45, 7) is 0.470. The topological polar surface area (TPSA) is 70.3 Å². The van der Waals surface area contributed by atoms with E-state index < -0.39 is 5.97 Å². The summed E-state index contributed by atoms with van der Waals surface area (Å²) in [5.74, 6) is -0.344. The highest BCUT2D eigenvalue weighted by Gasteiger charge is 2.00. The summed E-state index contributed by atoms with van der Waals surface area (Å²) in [4.78, 5) is 10.4. The normalized spacial score (nSPS) is 10.2. The van der Waals surface area contributed by atoms with Crippen molar-refractivity contribution in [3.05, 3.63) is 34.3 Å². The van der Waals surface area contributed by atoms with Crippen LogP contribution in [-0.4, -0.2) is 17.7 Å². The zero-order valence-corrected chi connectivity index (χ0v) is 11.2. The molecule has 0 spiro atoms. The van der Waals surface area contributed by atoms with Crippen molar-refractivity contribution < 1.29 is 14.6 Å². The van der Waals surface area contributed by atoms with Gasteiger partial charge in [0.25, 0.3) is 0 Å². The van der Waals surface area contributed by atoms with Gasteiger partial charge in [0, 0.05) is 17.0 Å². The van der Waals surface area contributed by atoms with Gasteiger partial charge in [0.15, 0.2) is 0 Å². The molecule has 0 bridgehead atoms. The van der Waals surface area contributed by atoms with E-state index in [1.165, 1.54) is 6.08 Å². The van der Waals surface area contributed by atoms with E-state index in [9.17, 15) is 4.79 Å². The highest BCUT2D eigenvalue weighted by Crippen LogP contribution is 2.24. The number of rotatable bonds is 6. The van der Waals surface area contributed by atoms with E-state index >= 15 is 0 Å². The fraction of sp³-hybridized carbons (Fsp3) is 0.231. The summed E-state index contributed by atoms with van der Waals surface area (Å²) >= 11 is 3.33. The molecule has 4 nitrogen and oxygen atoms in total. The van der Waals surface area contributed by atoms with E-state index in [4.69, 9.17) is 15.1 Å². The van der Waals surface area contributed by atoms with Crippen LogP contribution in [0.3, 0.4) is 0 Å². The van der Waals surface area contributed by atoms with Gasteiger partial charge in [0.1, 0.15) is 5.75 Å². The molecular weight excluding hydrogens is 298 g/mol. The van der Waals surface area contributed by atoms with Crippen molar-refractivity contribution in [3.8, 4) is 11.8 Å². The molecule has 1 rings (SSSR count). The number of benzene rings is 1. The lowest BCUT2D eigenvalue weighted by Gasteiger charge is -2.06. The van der Waals surface area contributed by atoms with Gasteiger partial charge in [-0.25, -0.2) is 4.79 Å². The van der Waals surface area contributed by atoms with Crippen LogP contribution in [-0.2, 0) is 4.79 Å². The summed E-state index contributed by atoms with van der Waals surface area (Å²) in [6, 6.07) is 7.37. The van der Waals surface area contributed by atoms with E-state index in [1.807, 2.05) is 6.07 Å². The molecular formula is C13H12BrNO3. The Morgan fingerprint density at radius 2 is 2.33 bits per heavy atom. The molecule has 0 amide bonds. The van der Waals surface area contributed by atoms with Crippen LogP contribution in [0.25, 0.3) is 6.08 Å². The first kappa shape index (κ1) is 14.3. The number of aliphatic carboxylic acids is 1. The molecule has 0 heterocycles. The van der Waals surface area contributed by atoms with Crippen LogP contribution in [0.5, 0.6) is 5.75 Å². The van der Waals surface area contributed by atoms with Crippen LogP contribution < -0.4 is 4.74 Å². The van der Waals surface area contributed by atoms with Crippen LogP contribution >= 0.6 is 15.9 Å². The average molecular weight is 310 g/mol. The number of carbonyl (C=O) groups is 1.